The van der Waals surface area contributed by atoms with E-state index < -0.39 is 0 Å². The first-order valence-electron chi connectivity index (χ1n) is 7.97. The van der Waals surface area contributed by atoms with Crippen LogP contribution < -0.4 is 10.6 Å². The fourth-order valence-corrected chi connectivity index (χ4v) is 2.42. The van der Waals surface area contributed by atoms with Gasteiger partial charge in [-0.1, -0.05) is 42.5 Å². The van der Waals surface area contributed by atoms with E-state index in [4.69, 9.17) is 4.74 Å². The van der Waals surface area contributed by atoms with Crippen molar-refractivity contribution in [3.05, 3.63) is 71.0 Å². The molecule has 2 N–H and O–H groups in total. The third-order valence-corrected chi connectivity index (χ3v) is 3.63. The number of nitrogens with one attached hydrogen (secondary N) is 2. The molecule has 0 saturated heterocycles. The SMILES string of the molecule is CN=C(NCCc1ccccc1F)NCc1cccc(COC)c1.I. The van der Waals surface area contributed by atoms with Crippen LogP contribution in [-0.4, -0.2) is 26.7 Å². The van der Waals surface area contributed by atoms with Crippen molar-refractivity contribution in [1.29, 1.82) is 0 Å². The quantitative estimate of drug-likeness (QED) is 0.380. The van der Waals surface area contributed by atoms with Gasteiger partial charge in [-0.2, -0.15) is 0 Å². The van der Waals surface area contributed by atoms with Crippen LogP contribution in [0.4, 0.5) is 4.39 Å². The zero-order valence-corrected chi connectivity index (χ0v) is 16.9. The summed E-state index contributed by atoms with van der Waals surface area (Å²) in [6, 6.07) is 15.0. The molecule has 0 amide bonds. The molecular weight excluding hydrogens is 432 g/mol. The Morgan fingerprint density at radius 2 is 1.84 bits per heavy atom. The van der Waals surface area contributed by atoms with E-state index in [-0.39, 0.29) is 29.8 Å². The Bertz CT molecular complexity index is 679. The van der Waals surface area contributed by atoms with Crippen molar-refractivity contribution < 1.29 is 9.13 Å². The zero-order chi connectivity index (χ0) is 17.2. The van der Waals surface area contributed by atoms with Crippen LogP contribution in [0.1, 0.15) is 16.7 Å². The lowest BCUT2D eigenvalue weighted by Gasteiger charge is -2.12. The molecule has 136 valence electrons. The van der Waals surface area contributed by atoms with Crippen LogP contribution in [0.25, 0.3) is 0 Å². The molecule has 4 nitrogen and oxygen atoms in total. The maximum Gasteiger partial charge on any atom is 0.191 e. The topological polar surface area (TPSA) is 45.7 Å². The molecule has 0 aromatic heterocycles. The molecule has 0 atom stereocenters. The molecule has 0 bridgehead atoms. The fourth-order valence-electron chi connectivity index (χ4n) is 2.42. The predicted octanol–water partition coefficient (Wildman–Crippen LogP) is 3.50. The van der Waals surface area contributed by atoms with Crippen LogP contribution in [0.2, 0.25) is 0 Å². The van der Waals surface area contributed by atoms with Gasteiger partial charge in [-0.15, -0.1) is 24.0 Å². The van der Waals surface area contributed by atoms with Crippen LogP contribution in [0.5, 0.6) is 0 Å². The highest BCUT2D eigenvalue weighted by atomic mass is 127. The molecule has 0 saturated carbocycles. The lowest BCUT2D eigenvalue weighted by atomic mass is 10.1. The van der Waals surface area contributed by atoms with Crippen molar-refractivity contribution in [2.45, 2.75) is 19.6 Å². The van der Waals surface area contributed by atoms with Crippen LogP contribution in [0.15, 0.2) is 53.5 Å². The average Bonchev–Trinajstić information content (AvgIpc) is 2.60. The van der Waals surface area contributed by atoms with E-state index in [9.17, 15) is 4.39 Å². The number of benzene rings is 2. The second-order valence-corrected chi connectivity index (χ2v) is 5.45. The van der Waals surface area contributed by atoms with Crippen molar-refractivity contribution in [2.24, 2.45) is 4.99 Å². The van der Waals surface area contributed by atoms with Crippen LogP contribution in [0.3, 0.4) is 0 Å². The minimum Gasteiger partial charge on any atom is -0.380 e. The van der Waals surface area contributed by atoms with Gasteiger partial charge in [-0.3, -0.25) is 4.99 Å². The Balaban J connectivity index is 0.00000312. The Morgan fingerprint density at radius 3 is 2.56 bits per heavy atom. The van der Waals surface area contributed by atoms with E-state index in [2.05, 4.69) is 27.8 Å². The number of ether oxygens (including phenoxy) is 1. The highest BCUT2D eigenvalue weighted by Crippen LogP contribution is 2.07. The summed E-state index contributed by atoms with van der Waals surface area (Å²) in [5.74, 6) is 0.528. The number of aliphatic imine (C=N–C) groups is 1. The van der Waals surface area contributed by atoms with E-state index in [0.29, 0.717) is 37.6 Å². The lowest BCUT2D eigenvalue weighted by Crippen LogP contribution is -2.37. The molecule has 2 rings (SSSR count). The second-order valence-electron chi connectivity index (χ2n) is 5.45. The summed E-state index contributed by atoms with van der Waals surface area (Å²) in [5, 5.41) is 6.46. The number of methoxy groups -OCH3 is 1. The number of nitrogens with zero attached hydrogens (tertiary/aromatic N) is 1. The number of hydrogen-bond acceptors (Lipinski definition) is 2. The van der Waals surface area contributed by atoms with E-state index in [0.717, 1.165) is 11.1 Å². The highest BCUT2D eigenvalue weighted by molar-refractivity contribution is 14.0. The van der Waals surface area contributed by atoms with Gasteiger partial charge in [0.25, 0.3) is 0 Å². The van der Waals surface area contributed by atoms with Crippen molar-refractivity contribution in [2.75, 3.05) is 20.7 Å². The zero-order valence-electron chi connectivity index (χ0n) is 14.6. The molecule has 2 aromatic carbocycles. The molecule has 0 heterocycles. The first-order chi connectivity index (χ1) is 11.7. The summed E-state index contributed by atoms with van der Waals surface area (Å²) in [6.07, 6.45) is 0.608. The van der Waals surface area contributed by atoms with Crippen molar-refractivity contribution in [1.82, 2.24) is 10.6 Å². The Hall–Kier alpha value is -1.67. The predicted molar refractivity (Wildman–Crippen MR) is 111 cm³/mol. The molecule has 0 unspecified atom stereocenters. The van der Waals surface area contributed by atoms with Crippen LogP contribution >= 0.6 is 24.0 Å². The Morgan fingerprint density at radius 1 is 1.08 bits per heavy atom. The molecular formula is C19H25FIN3O. The van der Waals surface area contributed by atoms with E-state index in [1.807, 2.05) is 18.2 Å². The minimum absolute atomic E-state index is 0. The van der Waals surface area contributed by atoms with Gasteiger partial charge in [-0.25, -0.2) is 4.39 Å². The molecule has 25 heavy (non-hydrogen) atoms. The maximum absolute atomic E-state index is 13.6. The van der Waals surface area contributed by atoms with E-state index in [1.54, 1.807) is 26.3 Å². The summed E-state index contributed by atoms with van der Waals surface area (Å²) >= 11 is 0. The smallest absolute Gasteiger partial charge is 0.191 e. The van der Waals surface area contributed by atoms with Crippen LogP contribution in [-0.2, 0) is 24.3 Å². The minimum atomic E-state index is -0.169. The third-order valence-electron chi connectivity index (χ3n) is 3.63. The number of guanidine groups is 1. The number of hydrogen-bond donors (Lipinski definition) is 2. The summed E-state index contributed by atoms with van der Waals surface area (Å²) in [7, 11) is 3.41. The fraction of sp³-hybridized carbons (Fsp3) is 0.316. The molecule has 0 aliphatic rings. The monoisotopic (exact) mass is 457 g/mol. The summed E-state index contributed by atoms with van der Waals surface area (Å²) in [6.45, 7) is 1.88. The second kappa shape index (κ2) is 11.8. The molecule has 0 aliphatic carbocycles. The average molecular weight is 457 g/mol. The van der Waals surface area contributed by atoms with Gasteiger partial charge in [-0.05, 0) is 29.2 Å². The molecule has 0 radical (unpaired) electrons. The van der Waals surface area contributed by atoms with Gasteiger partial charge in [0.05, 0.1) is 6.61 Å². The largest absolute Gasteiger partial charge is 0.380 e. The van der Waals surface area contributed by atoms with Gasteiger partial charge in [0.15, 0.2) is 5.96 Å². The normalized spacial score (nSPS) is 10.9. The standard InChI is InChI=1S/C19H24FN3O.HI/c1-21-19(22-11-10-17-8-3-4-9-18(17)20)23-13-15-6-5-7-16(12-15)14-24-2;/h3-9,12H,10-11,13-14H2,1-2H3,(H2,21,22,23);1H. The first kappa shape index (κ1) is 21.4. The molecule has 0 spiro atoms. The van der Waals surface area contributed by atoms with Crippen molar-refractivity contribution in [3.8, 4) is 0 Å². The summed E-state index contributed by atoms with van der Waals surface area (Å²) < 4.78 is 18.7. The van der Waals surface area contributed by atoms with E-state index >= 15 is 0 Å². The number of rotatable bonds is 7. The first-order valence-corrected chi connectivity index (χ1v) is 7.97. The molecule has 0 aliphatic heterocycles. The number of halogens is 2. The van der Waals surface area contributed by atoms with Crippen LogP contribution in [0, 0.1) is 5.82 Å². The summed E-state index contributed by atoms with van der Waals surface area (Å²) in [4.78, 5) is 4.19. The van der Waals surface area contributed by atoms with Gasteiger partial charge in [0.1, 0.15) is 5.82 Å². The molecule has 0 fully saturated rings. The lowest BCUT2D eigenvalue weighted by molar-refractivity contribution is 0.185. The van der Waals surface area contributed by atoms with Gasteiger partial charge in [0.2, 0.25) is 0 Å². The summed E-state index contributed by atoms with van der Waals surface area (Å²) in [5.41, 5.74) is 2.99. The van der Waals surface area contributed by atoms with Crippen molar-refractivity contribution >= 4 is 29.9 Å². The van der Waals surface area contributed by atoms with Gasteiger partial charge in [0, 0.05) is 27.2 Å². The molecule has 6 heteroatoms. The molecule has 2 aromatic rings. The van der Waals surface area contributed by atoms with Crippen molar-refractivity contribution in [3.63, 3.8) is 0 Å². The maximum atomic E-state index is 13.6. The highest BCUT2D eigenvalue weighted by Gasteiger charge is 2.02. The third kappa shape index (κ3) is 7.39. The Labute approximate surface area is 165 Å². The van der Waals surface area contributed by atoms with E-state index in [1.165, 1.54) is 6.07 Å². The Kier molecular flexibility index (Phi) is 10.1. The van der Waals surface area contributed by atoms with Gasteiger partial charge < -0.3 is 15.4 Å². The van der Waals surface area contributed by atoms with Gasteiger partial charge >= 0.3 is 0 Å².